The number of methoxy groups -OCH3 is 2. The van der Waals surface area contributed by atoms with Gasteiger partial charge in [0.15, 0.2) is 5.78 Å². The molecule has 5 rings (SSSR count). The highest BCUT2D eigenvalue weighted by molar-refractivity contribution is 7.22. The van der Waals surface area contributed by atoms with E-state index in [9.17, 15) is 9.90 Å². The van der Waals surface area contributed by atoms with Gasteiger partial charge in [-0.15, -0.1) is 0 Å². The van der Waals surface area contributed by atoms with Gasteiger partial charge < -0.3 is 14.6 Å². The number of thiophene rings is 1. The first-order chi connectivity index (χ1) is 16.1. The van der Waals surface area contributed by atoms with Gasteiger partial charge in [0.2, 0.25) is 5.13 Å². The van der Waals surface area contributed by atoms with Crippen LogP contribution in [0, 0.1) is 0 Å². The summed E-state index contributed by atoms with van der Waals surface area (Å²) in [7, 11) is 3.15. The number of carbonyl (C=O) groups excluding carboxylic acids is 1. The molecule has 0 spiro atoms. The predicted octanol–water partition coefficient (Wildman–Crippen LogP) is 5.41. The van der Waals surface area contributed by atoms with Crippen LogP contribution in [-0.2, 0) is 9.63 Å². The number of para-hydroxylation sites is 1. The van der Waals surface area contributed by atoms with Gasteiger partial charge in [-0.2, -0.15) is 11.3 Å². The fourth-order valence-electron chi connectivity index (χ4n) is 3.81. The molecule has 0 saturated carbocycles. The van der Waals surface area contributed by atoms with Crippen LogP contribution in [0.1, 0.15) is 17.2 Å². The fourth-order valence-corrected chi connectivity index (χ4v) is 5.47. The van der Waals surface area contributed by atoms with Crippen LogP contribution in [0.25, 0.3) is 16.0 Å². The summed E-state index contributed by atoms with van der Waals surface area (Å²) in [5.74, 6) is 0.777. The number of ketones is 1. The first kappa shape index (κ1) is 21.4. The lowest BCUT2D eigenvalue weighted by molar-refractivity contribution is -0.124. The van der Waals surface area contributed by atoms with Crippen molar-refractivity contribution >= 4 is 49.6 Å². The van der Waals surface area contributed by atoms with Crippen LogP contribution in [0.3, 0.4) is 0 Å². The summed E-state index contributed by atoms with van der Waals surface area (Å²) in [5, 5.41) is 17.4. The number of aliphatic hydroxyl groups is 1. The molecule has 33 heavy (non-hydrogen) atoms. The Hall–Kier alpha value is -3.40. The maximum absolute atomic E-state index is 13.1. The molecule has 168 valence electrons. The molecule has 3 heterocycles. The zero-order valence-electron chi connectivity index (χ0n) is 17.8. The number of hydroxylamine groups is 1. The molecule has 1 saturated heterocycles. The van der Waals surface area contributed by atoms with Gasteiger partial charge >= 0.3 is 0 Å². The Morgan fingerprint density at radius 2 is 2.03 bits per heavy atom. The lowest BCUT2D eigenvalue weighted by Crippen LogP contribution is -2.40. The highest BCUT2D eigenvalue weighted by atomic mass is 32.1. The molecule has 2 aromatic heterocycles. The van der Waals surface area contributed by atoms with E-state index >= 15 is 0 Å². The van der Waals surface area contributed by atoms with Crippen LogP contribution in [-0.4, -0.2) is 36.7 Å². The summed E-state index contributed by atoms with van der Waals surface area (Å²) in [6, 6.07) is 13.9. The summed E-state index contributed by atoms with van der Waals surface area (Å²) in [6.45, 7) is -0.214. The normalized spacial score (nSPS) is 17.9. The highest BCUT2D eigenvalue weighted by Gasteiger charge is 2.39. The van der Waals surface area contributed by atoms with Crippen molar-refractivity contribution in [3.8, 4) is 11.5 Å². The van der Waals surface area contributed by atoms with Crippen molar-refractivity contribution in [3.05, 3.63) is 76.0 Å². The predicted molar refractivity (Wildman–Crippen MR) is 129 cm³/mol. The number of nitrogens with zero attached hydrogens (tertiary/aromatic N) is 2. The van der Waals surface area contributed by atoms with Crippen LogP contribution >= 0.6 is 22.7 Å². The van der Waals surface area contributed by atoms with E-state index in [0.717, 1.165) is 21.5 Å². The van der Waals surface area contributed by atoms with E-state index in [2.05, 4.69) is 0 Å². The molecule has 0 aliphatic carbocycles. The zero-order chi connectivity index (χ0) is 22.9. The van der Waals surface area contributed by atoms with Crippen molar-refractivity contribution in [1.82, 2.24) is 4.98 Å². The van der Waals surface area contributed by atoms with Gasteiger partial charge in [0.1, 0.15) is 29.9 Å². The van der Waals surface area contributed by atoms with Gasteiger partial charge in [-0.25, -0.2) is 10.0 Å². The smallest absolute Gasteiger partial charge is 0.211 e. The third-order valence-corrected chi connectivity index (χ3v) is 7.09. The molecule has 1 aliphatic heterocycles. The lowest BCUT2D eigenvalue weighted by atomic mass is 9.92. The van der Waals surface area contributed by atoms with E-state index in [1.54, 1.807) is 30.4 Å². The van der Waals surface area contributed by atoms with Gasteiger partial charge in [0, 0.05) is 0 Å². The van der Waals surface area contributed by atoms with Gasteiger partial charge in [-0.1, -0.05) is 23.5 Å². The number of anilines is 1. The summed E-state index contributed by atoms with van der Waals surface area (Å²) < 4.78 is 11.7. The number of ether oxygens (including phenoxy) is 2. The lowest BCUT2D eigenvalue weighted by Gasteiger charge is -2.35. The molecule has 0 radical (unpaired) electrons. The Kier molecular flexibility index (Phi) is 5.76. The van der Waals surface area contributed by atoms with Crippen molar-refractivity contribution in [2.75, 3.05) is 25.9 Å². The molecule has 7 nitrogen and oxygen atoms in total. The van der Waals surface area contributed by atoms with Crippen LogP contribution in [0.2, 0.25) is 0 Å². The van der Waals surface area contributed by atoms with E-state index in [1.807, 2.05) is 41.1 Å². The monoisotopic (exact) mass is 480 g/mol. The first-order valence-corrected chi connectivity index (χ1v) is 11.8. The topological polar surface area (TPSA) is 81.1 Å². The number of benzene rings is 2. The minimum absolute atomic E-state index is 0.135. The van der Waals surface area contributed by atoms with Crippen LogP contribution < -0.4 is 14.5 Å². The van der Waals surface area contributed by atoms with Crippen molar-refractivity contribution in [1.29, 1.82) is 0 Å². The highest BCUT2D eigenvalue weighted by Crippen LogP contribution is 2.43. The van der Waals surface area contributed by atoms with E-state index in [-0.39, 0.29) is 23.7 Å². The molecule has 1 N–H and O–H groups in total. The molecule has 0 bridgehead atoms. The van der Waals surface area contributed by atoms with E-state index in [1.165, 1.54) is 29.8 Å². The molecule has 4 aromatic rings. The van der Waals surface area contributed by atoms with E-state index < -0.39 is 6.04 Å². The molecule has 1 unspecified atom stereocenters. The number of hydrogen-bond donors (Lipinski definition) is 1. The molecule has 2 aromatic carbocycles. The number of aliphatic hydroxyl groups excluding tert-OH is 1. The van der Waals surface area contributed by atoms with Crippen molar-refractivity contribution in [2.45, 2.75) is 6.04 Å². The maximum Gasteiger partial charge on any atom is 0.211 e. The Balaban J connectivity index is 1.68. The van der Waals surface area contributed by atoms with Gasteiger partial charge in [0.05, 0.1) is 35.6 Å². The van der Waals surface area contributed by atoms with E-state index in [4.69, 9.17) is 19.3 Å². The Morgan fingerprint density at radius 1 is 1.18 bits per heavy atom. The Morgan fingerprint density at radius 3 is 2.79 bits per heavy atom. The summed E-state index contributed by atoms with van der Waals surface area (Å²) in [6.07, 6.45) is 0. The third kappa shape index (κ3) is 3.84. The minimum Gasteiger partial charge on any atom is -0.507 e. The Bertz CT molecular complexity index is 1350. The van der Waals surface area contributed by atoms with Crippen LogP contribution in [0.4, 0.5) is 5.13 Å². The van der Waals surface area contributed by atoms with Gasteiger partial charge in [-0.3, -0.25) is 9.63 Å². The molecule has 0 amide bonds. The average Bonchev–Trinajstić information content (AvgIpc) is 3.53. The zero-order valence-corrected chi connectivity index (χ0v) is 19.5. The summed E-state index contributed by atoms with van der Waals surface area (Å²) in [4.78, 5) is 23.7. The molecular formula is C24H20N2O5S2. The number of Topliss-reactive ketones (excluding diaryl/α,β-unsaturated/α-hetero) is 1. The molecule has 1 fully saturated rings. The number of thiazole rings is 1. The third-order valence-electron chi connectivity index (χ3n) is 5.39. The van der Waals surface area contributed by atoms with Crippen molar-refractivity contribution in [3.63, 3.8) is 0 Å². The van der Waals surface area contributed by atoms with Gasteiger partial charge in [0.25, 0.3) is 0 Å². The summed E-state index contributed by atoms with van der Waals surface area (Å²) in [5.41, 5.74) is 2.29. The number of hydrogen-bond acceptors (Lipinski definition) is 9. The average molecular weight is 481 g/mol. The molecule has 9 heteroatoms. The second-order valence-electron chi connectivity index (χ2n) is 7.27. The second-order valence-corrected chi connectivity index (χ2v) is 9.06. The largest absolute Gasteiger partial charge is 0.507 e. The van der Waals surface area contributed by atoms with Crippen LogP contribution in [0.5, 0.6) is 11.5 Å². The Labute approximate surface area is 198 Å². The number of rotatable bonds is 5. The standard InChI is InChI=1S/C24H20N2O5S2/c1-29-15-7-8-17-20(11-15)33-24(25-17)26-22(14-9-10-32-13-14)21(18(27)12-31-26)23(28)16-5-3-4-6-19(16)30-2/h3-11,13,22,28H,12H2,1-2H3. The second kappa shape index (κ2) is 8.86. The first-order valence-electron chi connectivity index (χ1n) is 10.1. The van der Waals surface area contributed by atoms with Gasteiger partial charge in [-0.05, 0) is 52.7 Å². The molecule has 1 aliphatic rings. The number of carbonyl (C=O) groups is 1. The fraction of sp³-hybridized carbons (Fsp3) is 0.167. The number of fused-ring (bicyclic) bond motifs is 1. The van der Waals surface area contributed by atoms with Crippen molar-refractivity contribution in [2.24, 2.45) is 0 Å². The SMILES string of the molecule is COc1ccc2nc(N3OCC(=O)C(=C(O)c4ccccc4OC)C3c3ccsc3)sc2c1. The van der Waals surface area contributed by atoms with Crippen molar-refractivity contribution < 1.29 is 24.2 Å². The minimum atomic E-state index is -0.676. The number of aromatic nitrogens is 1. The van der Waals surface area contributed by atoms with E-state index in [0.29, 0.717) is 16.4 Å². The maximum atomic E-state index is 13.1. The molecule has 1 atom stereocenters. The summed E-state index contributed by atoms with van der Waals surface area (Å²) >= 11 is 2.93. The van der Waals surface area contributed by atoms with Crippen LogP contribution in [0.15, 0.2) is 64.9 Å². The molecular weight excluding hydrogens is 460 g/mol. The quantitative estimate of drug-likeness (QED) is 0.302.